The van der Waals surface area contributed by atoms with Crippen LogP contribution in [0.25, 0.3) is 0 Å². The van der Waals surface area contributed by atoms with Crippen LogP contribution in [-0.2, 0) is 6.18 Å². The molecule has 0 unspecified atom stereocenters. The van der Waals surface area contributed by atoms with Gasteiger partial charge in [0.05, 0.1) is 5.56 Å². The normalized spacial score (nSPS) is 14.2. The third-order valence-electron chi connectivity index (χ3n) is 2.35. The lowest BCUT2D eigenvalue weighted by molar-refractivity contribution is -0.137. The maximum atomic E-state index is 12.5. The van der Waals surface area contributed by atoms with Gasteiger partial charge in [-0.05, 0) is 29.7 Å². The monoisotopic (exact) mass is 251 g/mol. The minimum Gasteiger partial charge on any atom is -0.324 e. The van der Waals surface area contributed by atoms with Crippen molar-refractivity contribution in [3.63, 3.8) is 0 Å². The molecule has 1 nitrogen and oxygen atoms in total. The van der Waals surface area contributed by atoms with E-state index in [1.807, 2.05) is 13.8 Å². The van der Waals surface area contributed by atoms with Crippen LogP contribution in [0.4, 0.5) is 13.2 Å². The summed E-state index contributed by atoms with van der Waals surface area (Å²) in [6, 6.07) is 2.98. The summed E-state index contributed by atoms with van der Waals surface area (Å²) in [6.07, 6.45) is -4.39. The van der Waals surface area contributed by atoms with Crippen LogP contribution < -0.4 is 5.73 Å². The van der Waals surface area contributed by atoms with E-state index in [0.29, 0.717) is 5.56 Å². The molecule has 0 aliphatic carbocycles. The van der Waals surface area contributed by atoms with Gasteiger partial charge in [0.25, 0.3) is 0 Å². The number of rotatable bonds is 2. The zero-order valence-electron chi connectivity index (χ0n) is 8.98. The number of nitrogens with two attached hydrogens (primary N) is 1. The van der Waals surface area contributed by atoms with Crippen molar-refractivity contribution in [1.82, 2.24) is 0 Å². The van der Waals surface area contributed by atoms with Gasteiger partial charge in [0.1, 0.15) is 0 Å². The van der Waals surface area contributed by atoms with E-state index in [0.717, 1.165) is 12.1 Å². The van der Waals surface area contributed by atoms with Gasteiger partial charge < -0.3 is 5.73 Å². The highest BCUT2D eigenvalue weighted by molar-refractivity contribution is 6.30. The first-order chi connectivity index (χ1) is 7.21. The van der Waals surface area contributed by atoms with Gasteiger partial charge in [0, 0.05) is 11.1 Å². The Bertz CT molecular complexity index is 374. The molecule has 0 heterocycles. The van der Waals surface area contributed by atoms with Gasteiger partial charge in [-0.2, -0.15) is 13.2 Å². The fourth-order valence-corrected chi connectivity index (χ4v) is 1.60. The molecule has 1 aromatic carbocycles. The summed E-state index contributed by atoms with van der Waals surface area (Å²) in [5, 5.41) is 0.0564. The van der Waals surface area contributed by atoms with Crippen molar-refractivity contribution in [2.24, 2.45) is 11.7 Å². The average Bonchev–Trinajstić information content (AvgIpc) is 2.14. The molecule has 0 fully saturated rings. The number of halogens is 4. The number of hydrogen-bond acceptors (Lipinski definition) is 1. The van der Waals surface area contributed by atoms with E-state index in [1.165, 1.54) is 6.07 Å². The number of benzene rings is 1. The van der Waals surface area contributed by atoms with Crippen LogP contribution in [0.2, 0.25) is 5.02 Å². The van der Waals surface area contributed by atoms with E-state index in [9.17, 15) is 13.2 Å². The van der Waals surface area contributed by atoms with E-state index in [1.54, 1.807) is 0 Å². The first-order valence-electron chi connectivity index (χ1n) is 4.85. The smallest absolute Gasteiger partial charge is 0.324 e. The molecule has 16 heavy (non-hydrogen) atoms. The van der Waals surface area contributed by atoms with E-state index < -0.39 is 17.8 Å². The highest BCUT2D eigenvalue weighted by atomic mass is 35.5. The maximum absolute atomic E-state index is 12.5. The second-order valence-corrected chi connectivity index (χ2v) is 4.48. The Morgan fingerprint density at radius 2 is 1.75 bits per heavy atom. The molecule has 0 saturated carbocycles. The van der Waals surface area contributed by atoms with Gasteiger partial charge >= 0.3 is 6.18 Å². The summed E-state index contributed by atoms with van der Waals surface area (Å²) in [4.78, 5) is 0. The molecule has 2 N–H and O–H groups in total. The largest absolute Gasteiger partial charge is 0.416 e. The highest BCUT2D eigenvalue weighted by Crippen LogP contribution is 2.33. The molecule has 5 heteroatoms. The summed E-state index contributed by atoms with van der Waals surface area (Å²) in [6.45, 7) is 3.69. The fraction of sp³-hybridized carbons (Fsp3) is 0.455. The average molecular weight is 252 g/mol. The molecule has 90 valence electrons. The van der Waals surface area contributed by atoms with Crippen molar-refractivity contribution < 1.29 is 13.2 Å². The molecule has 0 radical (unpaired) electrons. The lowest BCUT2D eigenvalue weighted by Gasteiger charge is -2.18. The Kier molecular flexibility index (Phi) is 3.86. The van der Waals surface area contributed by atoms with E-state index >= 15 is 0 Å². The first kappa shape index (κ1) is 13.3. The molecular formula is C11H13ClF3N. The predicted molar refractivity (Wildman–Crippen MR) is 58.2 cm³/mol. The molecule has 0 aliphatic heterocycles. The number of alkyl halides is 3. The molecular weight excluding hydrogens is 239 g/mol. The van der Waals surface area contributed by atoms with Gasteiger partial charge in [0.2, 0.25) is 0 Å². The van der Waals surface area contributed by atoms with Crippen molar-refractivity contribution in [2.45, 2.75) is 26.1 Å². The minimum atomic E-state index is -4.39. The van der Waals surface area contributed by atoms with Crippen molar-refractivity contribution in [1.29, 1.82) is 0 Å². The van der Waals surface area contributed by atoms with Crippen LogP contribution in [0.3, 0.4) is 0 Å². The van der Waals surface area contributed by atoms with Crippen LogP contribution >= 0.6 is 11.6 Å². The molecule has 0 aromatic heterocycles. The van der Waals surface area contributed by atoms with Crippen molar-refractivity contribution in [3.8, 4) is 0 Å². The van der Waals surface area contributed by atoms with Gasteiger partial charge in [0.15, 0.2) is 0 Å². The lowest BCUT2D eigenvalue weighted by atomic mass is 9.95. The minimum absolute atomic E-state index is 0.0551. The Balaban J connectivity index is 3.18. The summed E-state index contributed by atoms with van der Waals surface area (Å²) in [5.41, 5.74) is 5.45. The zero-order valence-corrected chi connectivity index (χ0v) is 9.73. The van der Waals surface area contributed by atoms with Gasteiger partial charge in [-0.15, -0.1) is 0 Å². The van der Waals surface area contributed by atoms with Crippen LogP contribution in [0.1, 0.15) is 31.0 Å². The third kappa shape index (κ3) is 3.12. The quantitative estimate of drug-likeness (QED) is 0.844. The Hall–Kier alpha value is -0.740. The maximum Gasteiger partial charge on any atom is 0.416 e. The van der Waals surface area contributed by atoms with Crippen LogP contribution in [0.15, 0.2) is 18.2 Å². The fourth-order valence-electron chi connectivity index (χ4n) is 1.35. The molecule has 0 aliphatic rings. The van der Waals surface area contributed by atoms with Crippen molar-refractivity contribution in [2.75, 3.05) is 0 Å². The van der Waals surface area contributed by atoms with Crippen molar-refractivity contribution >= 4 is 11.6 Å². The van der Waals surface area contributed by atoms with Gasteiger partial charge in [-0.3, -0.25) is 0 Å². The van der Waals surface area contributed by atoms with Gasteiger partial charge in [-0.1, -0.05) is 25.4 Å². The summed E-state index contributed by atoms with van der Waals surface area (Å²) >= 11 is 5.65. The molecule has 0 bridgehead atoms. The van der Waals surface area contributed by atoms with E-state index in [4.69, 9.17) is 17.3 Å². The lowest BCUT2D eigenvalue weighted by Crippen LogP contribution is -2.17. The molecule has 1 rings (SSSR count). The second kappa shape index (κ2) is 4.63. The van der Waals surface area contributed by atoms with Crippen LogP contribution in [0.5, 0.6) is 0 Å². The molecule has 1 atom stereocenters. The van der Waals surface area contributed by atoms with Crippen LogP contribution in [-0.4, -0.2) is 0 Å². The molecule has 0 saturated heterocycles. The molecule has 0 spiro atoms. The van der Waals surface area contributed by atoms with Crippen molar-refractivity contribution in [3.05, 3.63) is 34.3 Å². The number of hydrogen-bond donors (Lipinski definition) is 1. The van der Waals surface area contributed by atoms with Gasteiger partial charge in [-0.25, -0.2) is 0 Å². The first-order valence-corrected chi connectivity index (χ1v) is 5.23. The van der Waals surface area contributed by atoms with E-state index in [2.05, 4.69) is 0 Å². The predicted octanol–water partition coefficient (Wildman–Crippen LogP) is 4.01. The zero-order chi connectivity index (χ0) is 12.5. The summed E-state index contributed by atoms with van der Waals surface area (Å²) < 4.78 is 37.5. The Morgan fingerprint density at radius 3 is 2.19 bits per heavy atom. The standard InChI is InChI=1S/C11H13ClF3N/c1-6(2)10(16)7-3-8(11(13,14)15)5-9(12)4-7/h3-6,10H,16H2,1-2H3/t10-/m1/s1. The Morgan fingerprint density at radius 1 is 1.19 bits per heavy atom. The SMILES string of the molecule is CC(C)[C@@H](N)c1cc(Cl)cc(C(F)(F)F)c1. The summed E-state index contributed by atoms with van der Waals surface area (Å²) in [5.74, 6) is 0.0551. The van der Waals surface area contributed by atoms with E-state index in [-0.39, 0.29) is 10.9 Å². The Labute approximate surface area is 97.4 Å². The molecule has 1 aromatic rings. The second-order valence-electron chi connectivity index (χ2n) is 4.04. The van der Waals surface area contributed by atoms with Crippen LogP contribution in [0, 0.1) is 5.92 Å². The third-order valence-corrected chi connectivity index (χ3v) is 2.57. The molecule has 0 amide bonds. The topological polar surface area (TPSA) is 26.0 Å². The summed E-state index contributed by atoms with van der Waals surface area (Å²) in [7, 11) is 0. The highest BCUT2D eigenvalue weighted by Gasteiger charge is 2.31.